The highest BCUT2D eigenvalue weighted by Gasteiger charge is 2.19. The third kappa shape index (κ3) is 7.46. The van der Waals surface area contributed by atoms with Gasteiger partial charge in [-0.2, -0.15) is 8.78 Å². The van der Waals surface area contributed by atoms with Crippen LogP contribution in [0.1, 0.15) is 49.8 Å². The number of rotatable bonds is 10. The highest BCUT2D eigenvalue weighted by molar-refractivity contribution is 5.89. The summed E-state index contributed by atoms with van der Waals surface area (Å²) in [5.41, 5.74) is 2.04. The first-order valence-corrected chi connectivity index (χ1v) is 10.9. The second-order valence-electron chi connectivity index (χ2n) is 7.68. The van der Waals surface area contributed by atoms with Gasteiger partial charge in [0.05, 0.1) is 25.4 Å². The van der Waals surface area contributed by atoms with Crippen LogP contribution in [0.2, 0.25) is 0 Å². The quantitative estimate of drug-likeness (QED) is 0.493. The summed E-state index contributed by atoms with van der Waals surface area (Å²) >= 11 is 0. The third-order valence-electron chi connectivity index (χ3n) is 5.26. The Bertz CT molecular complexity index is 859. The van der Waals surface area contributed by atoms with E-state index >= 15 is 0 Å². The van der Waals surface area contributed by atoms with E-state index in [9.17, 15) is 13.6 Å². The fourth-order valence-corrected chi connectivity index (χ4v) is 3.68. The van der Waals surface area contributed by atoms with Crippen LogP contribution in [0.3, 0.4) is 0 Å². The minimum Gasteiger partial charge on any atom is -0.434 e. The summed E-state index contributed by atoms with van der Waals surface area (Å²) in [4.78, 5) is 12.6. The Morgan fingerprint density at radius 1 is 1.19 bits per heavy atom. The number of alkyl halides is 2. The number of ether oxygens (including phenoxy) is 3. The second kappa shape index (κ2) is 12.4. The lowest BCUT2D eigenvalue weighted by atomic mass is 10.0. The molecule has 1 aliphatic rings. The van der Waals surface area contributed by atoms with E-state index in [0.717, 1.165) is 25.0 Å². The van der Waals surface area contributed by atoms with Crippen LogP contribution in [0.15, 0.2) is 48.5 Å². The summed E-state index contributed by atoms with van der Waals surface area (Å²) in [6, 6.07) is 12.9. The van der Waals surface area contributed by atoms with Gasteiger partial charge in [0, 0.05) is 17.9 Å². The molecule has 8 heteroatoms. The molecule has 1 aliphatic heterocycles. The SMILES string of the molecule is CCC(NC(=O)Nc1cccc(COCC2CCCCO2)c1)c1ccccc1OC(F)F. The highest BCUT2D eigenvalue weighted by atomic mass is 19.3. The lowest BCUT2D eigenvalue weighted by Gasteiger charge is -2.22. The van der Waals surface area contributed by atoms with Crippen LogP contribution in [0.5, 0.6) is 5.75 Å². The van der Waals surface area contributed by atoms with Gasteiger partial charge in [-0.15, -0.1) is 0 Å². The van der Waals surface area contributed by atoms with E-state index in [2.05, 4.69) is 15.4 Å². The zero-order valence-electron chi connectivity index (χ0n) is 18.2. The van der Waals surface area contributed by atoms with Gasteiger partial charge in [-0.3, -0.25) is 0 Å². The first-order chi connectivity index (χ1) is 15.5. The number of carbonyl (C=O) groups is 1. The standard InChI is InChI=1S/C24H30F2N2O4/c1-2-21(20-11-3-4-12-22(20)32-23(25)26)28-24(29)27-18-9-7-8-17(14-18)15-30-16-19-10-5-6-13-31-19/h3-4,7-9,11-12,14,19,21,23H,2,5-6,10,13,15-16H2,1H3,(H2,27,28,29). The van der Waals surface area contributed by atoms with Crippen molar-refractivity contribution in [3.05, 3.63) is 59.7 Å². The molecule has 2 N–H and O–H groups in total. The van der Waals surface area contributed by atoms with E-state index in [1.54, 1.807) is 24.3 Å². The minimum absolute atomic E-state index is 0.0516. The Hall–Kier alpha value is -2.71. The maximum atomic E-state index is 12.7. The van der Waals surface area contributed by atoms with Crippen molar-refractivity contribution in [2.24, 2.45) is 0 Å². The summed E-state index contributed by atoms with van der Waals surface area (Å²) in [7, 11) is 0. The number of urea groups is 1. The Labute approximate surface area is 187 Å². The third-order valence-corrected chi connectivity index (χ3v) is 5.26. The van der Waals surface area contributed by atoms with E-state index in [1.165, 1.54) is 12.5 Å². The summed E-state index contributed by atoms with van der Waals surface area (Å²) in [5.74, 6) is 0.0516. The van der Waals surface area contributed by atoms with E-state index in [1.807, 2.05) is 25.1 Å². The predicted octanol–water partition coefficient (Wildman–Crippen LogP) is 5.65. The number of hydrogen-bond donors (Lipinski definition) is 2. The minimum atomic E-state index is -2.93. The molecular weight excluding hydrogens is 418 g/mol. The summed E-state index contributed by atoms with van der Waals surface area (Å²) in [6.45, 7) is 0.693. The summed E-state index contributed by atoms with van der Waals surface area (Å²) < 4.78 is 41.5. The lowest BCUT2D eigenvalue weighted by Crippen LogP contribution is -2.32. The topological polar surface area (TPSA) is 68.8 Å². The molecule has 0 bridgehead atoms. The molecule has 32 heavy (non-hydrogen) atoms. The van der Waals surface area contributed by atoms with Gasteiger partial charge in [-0.1, -0.05) is 37.3 Å². The molecule has 1 fully saturated rings. The van der Waals surface area contributed by atoms with Crippen molar-refractivity contribution >= 4 is 11.7 Å². The molecule has 0 saturated carbocycles. The van der Waals surface area contributed by atoms with Gasteiger partial charge in [0.25, 0.3) is 0 Å². The van der Waals surface area contributed by atoms with Gasteiger partial charge >= 0.3 is 12.6 Å². The smallest absolute Gasteiger partial charge is 0.387 e. The Morgan fingerprint density at radius 2 is 2.03 bits per heavy atom. The number of hydrogen-bond acceptors (Lipinski definition) is 4. The van der Waals surface area contributed by atoms with Gasteiger partial charge < -0.3 is 24.8 Å². The van der Waals surface area contributed by atoms with Gasteiger partial charge in [-0.05, 0) is 49.4 Å². The Balaban J connectivity index is 1.54. The molecule has 0 aromatic heterocycles. The second-order valence-corrected chi connectivity index (χ2v) is 7.68. The molecule has 3 rings (SSSR count). The Morgan fingerprint density at radius 3 is 2.78 bits per heavy atom. The van der Waals surface area contributed by atoms with Crippen LogP contribution in [0, 0.1) is 0 Å². The first-order valence-electron chi connectivity index (χ1n) is 10.9. The van der Waals surface area contributed by atoms with Crippen molar-refractivity contribution < 1.29 is 27.8 Å². The molecule has 1 saturated heterocycles. The molecule has 174 valence electrons. The highest BCUT2D eigenvalue weighted by Crippen LogP contribution is 2.28. The van der Waals surface area contributed by atoms with Crippen molar-refractivity contribution in [1.29, 1.82) is 0 Å². The van der Waals surface area contributed by atoms with E-state index in [4.69, 9.17) is 9.47 Å². The van der Waals surface area contributed by atoms with Gasteiger partial charge in [0.15, 0.2) is 0 Å². The van der Waals surface area contributed by atoms with Crippen LogP contribution in [0.25, 0.3) is 0 Å². The number of halogens is 2. The van der Waals surface area contributed by atoms with Crippen molar-refractivity contribution in [3.63, 3.8) is 0 Å². The van der Waals surface area contributed by atoms with Crippen LogP contribution in [-0.4, -0.2) is 32.0 Å². The van der Waals surface area contributed by atoms with Crippen molar-refractivity contribution in [2.45, 2.75) is 58.0 Å². The zero-order valence-corrected chi connectivity index (χ0v) is 18.2. The molecule has 0 radical (unpaired) electrons. The van der Waals surface area contributed by atoms with E-state index in [-0.39, 0.29) is 11.9 Å². The number of carbonyl (C=O) groups excluding carboxylic acids is 1. The summed E-state index contributed by atoms with van der Waals surface area (Å²) in [6.07, 6.45) is 3.95. The number of benzene rings is 2. The monoisotopic (exact) mass is 448 g/mol. The predicted molar refractivity (Wildman–Crippen MR) is 118 cm³/mol. The molecule has 2 unspecified atom stereocenters. The van der Waals surface area contributed by atoms with Crippen LogP contribution >= 0.6 is 0 Å². The molecule has 2 aromatic carbocycles. The average Bonchev–Trinajstić information content (AvgIpc) is 2.79. The number of anilines is 1. The summed E-state index contributed by atoms with van der Waals surface area (Å²) in [5, 5.41) is 5.63. The largest absolute Gasteiger partial charge is 0.434 e. The maximum Gasteiger partial charge on any atom is 0.387 e. The average molecular weight is 449 g/mol. The van der Waals surface area contributed by atoms with Crippen LogP contribution in [-0.2, 0) is 16.1 Å². The van der Waals surface area contributed by atoms with Crippen LogP contribution < -0.4 is 15.4 Å². The number of amides is 2. The van der Waals surface area contributed by atoms with Crippen molar-refractivity contribution in [2.75, 3.05) is 18.5 Å². The molecule has 6 nitrogen and oxygen atoms in total. The molecule has 2 atom stereocenters. The number of nitrogens with one attached hydrogen (secondary N) is 2. The van der Waals surface area contributed by atoms with E-state index < -0.39 is 18.7 Å². The molecule has 0 aliphatic carbocycles. The maximum absolute atomic E-state index is 12.7. The van der Waals surface area contributed by atoms with Gasteiger partial charge in [-0.25, -0.2) is 4.79 Å². The van der Waals surface area contributed by atoms with Crippen LogP contribution in [0.4, 0.5) is 19.3 Å². The fraction of sp³-hybridized carbons (Fsp3) is 0.458. The fourth-order valence-electron chi connectivity index (χ4n) is 3.68. The normalized spacial score (nSPS) is 17.1. The molecule has 0 spiro atoms. The molecular formula is C24H30F2N2O4. The first kappa shape index (κ1) is 23.9. The number of para-hydroxylation sites is 1. The van der Waals surface area contributed by atoms with Gasteiger partial charge in [0.2, 0.25) is 0 Å². The zero-order chi connectivity index (χ0) is 22.8. The van der Waals surface area contributed by atoms with E-state index in [0.29, 0.717) is 30.9 Å². The molecule has 2 amide bonds. The van der Waals surface area contributed by atoms with Gasteiger partial charge in [0.1, 0.15) is 5.75 Å². The van der Waals surface area contributed by atoms with Crippen molar-refractivity contribution in [1.82, 2.24) is 5.32 Å². The molecule has 2 aromatic rings. The molecule has 1 heterocycles. The Kier molecular flexibility index (Phi) is 9.25. The lowest BCUT2D eigenvalue weighted by molar-refractivity contribution is -0.0506. The van der Waals surface area contributed by atoms with Crippen molar-refractivity contribution in [3.8, 4) is 5.75 Å².